The number of hydrogen-bond acceptors (Lipinski definition) is 3. The van der Waals surface area contributed by atoms with Crippen molar-refractivity contribution >= 4 is 23.3 Å². The van der Waals surface area contributed by atoms with Gasteiger partial charge >= 0.3 is 0 Å². The third-order valence-electron chi connectivity index (χ3n) is 4.28. The van der Waals surface area contributed by atoms with Gasteiger partial charge in [0, 0.05) is 36.4 Å². The standard InChI is InChI=1S/C19H17N3OS/c23-18(9-8-16-13-24-14-20-16)22-12-11-21-10-4-7-17(21)19(22)15-5-2-1-3-6-15/h1-10,13-14,19H,11-12H2/b9-8-/t19-/m1/s1. The van der Waals surface area contributed by atoms with E-state index >= 15 is 0 Å². The van der Waals surface area contributed by atoms with Crippen molar-refractivity contribution < 1.29 is 4.79 Å². The molecule has 5 heteroatoms. The molecule has 4 nitrogen and oxygen atoms in total. The van der Waals surface area contributed by atoms with E-state index in [9.17, 15) is 4.79 Å². The van der Waals surface area contributed by atoms with Gasteiger partial charge in [0.2, 0.25) is 5.91 Å². The number of rotatable bonds is 3. The number of carbonyl (C=O) groups excluding carboxylic acids is 1. The number of carbonyl (C=O) groups is 1. The fraction of sp³-hybridized carbons (Fsp3) is 0.158. The summed E-state index contributed by atoms with van der Waals surface area (Å²) >= 11 is 1.53. The van der Waals surface area contributed by atoms with Crippen molar-refractivity contribution in [2.75, 3.05) is 6.54 Å². The first-order valence-electron chi connectivity index (χ1n) is 7.90. The van der Waals surface area contributed by atoms with Crippen LogP contribution >= 0.6 is 11.3 Å². The second-order valence-electron chi connectivity index (χ2n) is 5.72. The van der Waals surface area contributed by atoms with Crippen LogP contribution in [0.25, 0.3) is 6.08 Å². The van der Waals surface area contributed by atoms with E-state index in [-0.39, 0.29) is 11.9 Å². The summed E-state index contributed by atoms with van der Waals surface area (Å²) < 4.78 is 2.23. The monoisotopic (exact) mass is 335 g/mol. The van der Waals surface area contributed by atoms with E-state index < -0.39 is 0 Å². The largest absolute Gasteiger partial charge is 0.348 e. The first-order valence-corrected chi connectivity index (χ1v) is 8.84. The molecule has 1 aliphatic rings. The highest BCUT2D eigenvalue weighted by molar-refractivity contribution is 7.07. The molecule has 0 aliphatic carbocycles. The summed E-state index contributed by atoms with van der Waals surface area (Å²) in [6, 6.07) is 14.3. The summed E-state index contributed by atoms with van der Waals surface area (Å²) in [5.41, 5.74) is 4.88. The Balaban J connectivity index is 1.67. The molecule has 0 N–H and O–H groups in total. The zero-order valence-corrected chi connectivity index (χ0v) is 13.9. The summed E-state index contributed by atoms with van der Waals surface area (Å²) in [5, 5.41) is 1.93. The van der Waals surface area contributed by atoms with E-state index in [2.05, 4.69) is 33.9 Å². The van der Waals surface area contributed by atoms with E-state index in [4.69, 9.17) is 0 Å². The average Bonchev–Trinajstić information content (AvgIpc) is 3.30. The minimum absolute atomic E-state index is 0.0179. The number of benzene rings is 1. The maximum atomic E-state index is 12.8. The number of fused-ring (bicyclic) bond motifs is 1. The van der Waals surface area contributed by atoms with Gasteiger partial charge < -0.3 is 9.47 Å². The lowest BCUT2D eigenvalue weighted by atomic mass is 10.00. The van der Waals surface area contributed by atoms with Gasteiger partial charge in [-0.1, -0.05) is 30.3 Å². The molecule has 0 bridgehead atoms. The topological polar surface area (TPSA) is 38.1 Å². The Hall–Kier alpha value is -2.66. The Morgan fingerprint density at radius 3 is 2.83 bits per heavy atom. The minimum atomic E-state index is -0.0532. The van der Waals surface area contributed by atoms with E-state index in [0.717, 1.165) is 23.5 Å². The molecule has 1 aliphatic heterocycles. The molecule has 0 radical (unpaired) electrons. The van der Waals surface area contributed by atoms with Crippen LogP contribution in [0.15, 0.2) is 65.6 Å². The summed E-state index contributed by atoms with van der Waals surface area (Å²) in [7, 11) is 0. The maximum absolute atomic E-state index is 12.8. The molecular formula is C19H17N3OS. The minimum Gasteiger partial charge on any atom is -0.348 e. The fourth-order valence-corrected chi connectivity index (χ4v) is 3.69. The zero-order valence-electron chi connectivity index (χ0n) is 13.1. The molecule has 3 aromatic rings. The first-order chi connectivity index (χ1) is 11.8. The highest BCUT2D eigenvalue weighted by atomic mass is 32.1. The van der Waals surface area contributed by atoms with Gasteiger partial charge in [-0.25, -0.2) is 4.98 Å². The van der Waals surface area contributed by atoms with Gasteiger partial charge in [0.05, 0.1) is 17.2 Å². The lowest BCUT2D eigenvalue weighted by molar-refractivity contribution is -0.128. The molecule has 1 atom stereocenters. The molecular weight excluding hydrogens is 318 g/mol. The van der Waals surface area contributed by atoms with Crippen molar-refractivity contribution in [1.29, 1.82) is 0 Å². The Bertz CT molecular complexity index is 852. The number of nitrogens with zero attached hydrogens (tertiary/aromatic N) is 3. The molecule has 1 aromatic carbocycles. The average molecular weight is 335 g/mol. The number of thiazole rings is 1. The zero-order chi connectivity index (χ0) is 16.4. The maximum Gasteiger partial charge on any atom is 0.247 e. The van der Waals surface area contributed by atoms with Crippen LogP contribution in [0.1, 0.15) is 23.0 Å². The second-order valence-corrected chi connectivity index (χ2v) is 6.44. The molecule has 1 amide bonds. The van der Waals surface area contributed by atoms with Gasteiger partial charge in [-0.3, -0.25) is 4.79 Å². The van der Waals surface area contributed by atoms with Crippen LogP contribution < -0.4 is 0 Å². The second kappa shape index (κ2) is 6.45. The summed E-state index contributed by atoms with van der Waals surface area (Å²) in [6.45, 7) is 1.52. The highest BCUT2D eigenvalue weighted by Crippen LogP contribution is 2.32. The van der Waals surface area contributed by atoms with Crippen molar-refractivity contribution in [2.24, 2.45) is 0 Å². The van der Waals surface area contributed by atoms with Crippen LogP contribution in [0, 0.1) is 0 Å². The molecule has 0 unspecified atom stereocenters. The number of amides is 1. The van der Waals surface area contributed by atoms with Crippen molar-refractivity contribution in [1.82, 2.24) is 14.5 Å². The van der Waals surface area contributed by atoms with E-state index in [0.29, 0.717) is 6.54 Å². The van der Waals surface area contributed by atoms with Gasteiger partial charge in [-0.2, -0.15) is 0 Å². The molecule has 2 aromatic heterocycles. The van der Waals surface area contributed by atoms with Gasteiger partial charge in [0.25, 0.3) is 0 Å². The highest BCUT2D eigenvalue weighted by Gasteiger charge is 2.30. The quantitative estimate of drug-likeness (QED) is 0.686. The lowest BCUT2D eigenvalue weighted by Gasteiger charge is -2.36. The Labute approximate surface area is 144 Å². The van der Waals surface area contributed by atoms with Gasteiger partial charge in [-0.15, -0.1) is 11.3 Å². The van der Waals surface area contributed by atoms with Gasteiger partial charge in [-0.05, 0) is 23.8 Å². The van der Waals surface area contributed by atoms with Crippen molar-refractivity contribution in [3.8, 4) is 0 Å². The van der Waals surface area contributed by atoms with Crippen LogP contribution in [-0.2, 0) is 11.3 Å². The summed E-state index contributed by atoms with van der Waals surface area (Å²) in [5.74, 6) is 0.0179. The van der Waals surface area contributed by atoms with E-state index in [1.165, 1.54) is 11.3 Å². The fourth-order valence-electron chi connectivity index (χ4n) is 3.16. The molecule has 24 heavy (non-hydrogen) atoms. The lowest BCUT2D eigenvalue weighted by Crippen LogP contribution is -2.41. The van der Waals surface area contributed by atoms with Crippen LogP contribution in [0.5, 0.6) is 0 Å². The number of hydrogen-bond donors (Lipinski definition) is 0. The predicted octanol–water partition coefficient (Wildman–Crippen LogP) is 3.59. The molecule has 4 rings (SSSR count). The molecule has 0 spiro atoms. The van der Waals surface area contributed by atoms with Crippen LogP contribution in [0.4, 0.5) is 0 Å². The van der Waals surface area contributed by atoms with Crippen molar-refractivity contribution in [2.45, 2.75) is 12.6 Å². The Morgan fingerprint density at radius 2 is 2.04 bits per heavy atom. The van der Waals surface area contributed by atoms with Crippen molar-refractivity contribution in [3.05, 3.63) is 82.6 Å². The third-order valence-corrected chi connectivity index (χ3v) is 4.89. The molecule has 0 saturated carbocycles. The normalized spacial score (nSPS) is 17.2. The summed E-state index contributed by atoms with van der Waals surface area (Å²) in [6.07, 6.45) is 5.50. The van der Waals surface area contributed by atoms with Crippen LogP contribution in [0.3, 0.4) is 0 Å². The number of aromatic nitrogens is 2. The molecule has 0 saturated heterocycles. The van der Waals surface area contributed by atoms with E-state index in [1.807, 2.05) is 34.5 Å². The molecule has 3 heterocycles. The third kappa shape index (κ3) is 2.78. The predicted molar refractivity (Wildman–Crippen MR) is 95.6 cm³/mol. The van der Waals surface area contributed by atoms with Crippen LogP contribution in [0.2, 0.25) is 0 Å². The first kappa shape index (κ1) is 14.9. The molecule has 120 valence electrons. The van der Waals surface area contributed by atoms with Gasteiger partial charge in [0.1, 0.15) is 0 Å². The van der Waals surface area contributed by atoms with Gasteiger partial charge in [0.15, 0.2) is 0 Å². The van der Waals surface area contributed by atoms with Crippen molar-refractivity contribution in [3.63, 3.8) is 0 Å². The Kier molecular flexibility index (Phi) is 4.01. The summed E-state index contributed by atoms with van der Waals surface area (Å²) in [4.78, 5) is 18.9. The van der Waals surface area contributed by atoms with Crippen LogP contribution in [-0.4, -0.2) is 26.9 Å². The van der Waals surface area contributed by atoms with E-state index in [1.54, 1.807) is 17.7 Å². The molecule has 0 fully saturated rings. The SMILES string of the molecule is O=C(/C=C\c1cscn1)N1CCn2cccc2[C@H]1c1ccccc1. The smallest absolute Gasteiger partial charge is 0.247 e. The Morgan fingerprint density at radius 1 is 1.17 bits per heavy atom.